The Balaban J connectivity index is 1.13. The van der Waals surface area contributed by atoms with Crippen LogP contribution in [0.15, 0.2) is 183 Å². The van der Waals surface area contributed by atoms with Crippen LogP contribution < -0.4 is 0 Å². The van der Waals surface area contributed by atoms with Crippen molar-refractivity contribution in [2.45, 2.75) is 44.7 Å². The molecule has 8 aromatic rings. The zero-order valence-corrected chi connectivity index (χ0v) is 31.7. The zero-order chi connectivity index (χ0) is 38.7. The molecule has 8 aromatic heterocycles. The minimum absolute atomic E-state index is 0.237. The van der Waals surface area contributed by atoms with Crippen molar-refractivity contribution in [1.29, 1.82) is 0 Å². The largest absolute Gasteiger partial charge is 0.278 e. The van der Waals surface area contributed by atoms with Gasteiger partial charge in [0.1, 0.15) is 5.54 Å². The van der Waals surface area contributed by atoms with Crippen LogP contribution in [-0.4, -0.2) is 49.7 Å². The molecule has 0 saturated carbocycles. The summed E-state index contributed by atoms with van der Waals surface area (Å²) in [6.45, 7) is 4.31. The zero-order valence-electron chi connectivity index (χ0n) is 31.7. The molecular weight excluding hydrogens is 705 g/mol. The molecule has 0 aliphatic rings. The van der Waals surface area contributed by atoms with Gasteiger partial charge in [-0.3, -0.25) is 39.7 Å². The standard InChI is InChI=1S/C47H42N10/c1-47(44-24-6-12-30-52-44,45-25-7-13-31-53-45)57(34-37-17-3-9-27-49-37)35-39-19-15-23-41(55-39)40-22-14-18-38(54-40)33-56(32-36-16-2-8-26-48-36)46(42-20-4-10-28-50-42)43-21-5-11-29-51-43/h2-31,46H,32-35H2,1H3. The molecule has 10 heteroatoms. The van der Waals surface area contributed by atoms with Gasteiger partial charge in [-0.05, 0) is 104 Å². The van der Waals surface area contributed by atoms with E-state index in [2.05, 4.69) is 52.0 Å². The molecule has 8 heterocycles. The van der Waals surface area contributed by atoms with E-state index >= 15 is 0 Å². The molecular formula is C47H42N10. The Morgan fingerprint density at radius 2 is 0.807 bits per heavy atom. The quantitative estimate of drug-likeness (QED) is 0.102. The van der Waals surface area contributed by atoms with Gasteiger partial charge in [0.25, 0.3) is 0 Å². The number of hydrogen-bond acceptors (Lipinski definition) is 10. The fourth-order valence-corrected chi connectivity index (χ4v) is 7.18. The highest BCUT2D eigenvalue weighted by Gasteiger charge is 2.39. The summed E-state index contributed by atoms with van der Waals surface area (Å²) in [4.78, 5) is 43.8. The van der Waals surface area contributed by atoms with Crippen LogP contribution in [0.25, 0.3) is 11.4 Å². The van der Waals surface area contributed by atoms with Crippen LogP contribution in [0, 0.1) is 0 Å². The van der Waals surface area contributed by atoms with Crippen LogP contribution in [-0.2, 0) is 31.7 Å². The lowest BCUT2D eigenvalue weighted by Gasteiger charge is -2.40. The summed E-state index contributed by atoms with van der Waals surface area (Å²) in [6, 6.07) is 48.1. The SMILES string of the molecule is CC(c1ccccn1)(c1ccccn1)N(Cc1ccccn1)Cc1cccc(-c2cccc(CN(Cc3ccccn3)C(c3ccccn3)c3ccccn3)n2)n1. The van der Waals surface area contributed by atoms with Gasteiger partial charge in [0.15, 0.2) is 0 Å². The Morgan fingerprint density at radius 1 is 0.404 bits per heavy atom. The number of rotatable bonds is 15. The summed E-state index contributed by atoms with van der Waals surface area (Å²) < 4.78 is 0. The van der Waals surface area contributed by atoms with Crippen LogP contribution in [0.1, 0.15) is 58.5 Å². The molecule has 10 nitrogen and oxygen atoms in total. The smallest absolute Gasteiger partial charge is 0.104 e. The van der Waals surface area contributed by atoms with Crippen LogP contribution in [0.3, 0.4) is 0 Å². The van der Waals surface area contributed by atoms with Crippen LogP contribution in [0.2, 0.25) is 0 Å². The predicted octanol–water partition coefficient (Wildman–Crippen LogP) is 8.27. The molecule has 280 valence electrons. The van der Waals surface area contributed by atoms with Crippen LogP contribution >= 0.6 is 0 Å². The molecule has 0 bridgehead atoms. The molecule has 0 unspecified atom stereocenters. The first kappa shape index (κ1) is 37.1. The lowest BCUT2D eigenvalue weighted by molar-refractivity contribution is 0.109. The second-order valence-electron chi connectivity index (χ2n) is 13.8. The monoisotopic (exact) mass is 746 g/mol. The van der Waals surface area contributed by atoms with Gasteiger partial charge in [-0.2, -0.15) is 0 Å². The normalized spacial score (nSPS) is 11.6. The van der Waals surface area contributed by atoms with Gasteiger partial charge >= 0.3 is 0 Å². The lowest BCUT2D eigenvalue weighted by Crippen LogP contribution is -2.45. The van der Waals surface area contributed by atoms with Crippen molar-refractivity contribution in [3.8, 4) is 11.4 Å². The van der Waals surface area contributed by atoms with E-state index in [0.29, 0.717) is 26.2 Å². The number of hydrogen-bond donors (Lipinski definition) is 0. The first-order valence-corrected chi connectivity index (χ1v) is 19.0. The predicted molar refractivity (Wildman–Crippen MR) is 220 cm³/mol. The second kappa shape index (κ2) is 17.7. The van der Waals surface area contributed by atoms with E-state index in [-0.39, 0.29) is 6.04 Å². The Kier molecular flexibility index (Phi) is 11.5. The lowest BCUT2D eigenvalue weighted by atomic mass is 9.89. The van der Waals surface area contributed by atoms with E-state index in [1.165, 1.54) is 0 Å². The summed E-state index contributed by atoms with van der Waals surface area (Å²) in [5.41, 5.74) is 8.09. The molecule has 0 aliphatic carbocycles. The third kappa shape index (κ3) is 8.83. The number of nitrogens with zero attached hydrogens (tertiary/aromatic N) is 10. The van der Waals surface area contributed by atoms with Gasteiger partial charge in [0.2, 0.25) is 0 Å². The molecule has 0 spiro atoms. The summed E-state index contributed by atoms with van der Waals surface area (Å²) in [7, 11) is 0. The third-order valence-corrected chi connectivity index (χ3v) is 10.0. The summed E-state index contributed by atoms with van der Waals surface area (Å²) >= 11 is 0. The highest BCUT2D eigenvalue weighted by atomic mass is 15.2. The maximum absolute atomic E-state index is 5.23. The molecule has 0 atom stereocenters. The van der Waals surface area contributed by atoms with Gasteiger partial charge in [-0.1, -0.05) is 48.5 Å². The maximum atomic E-state index is 5.23. The number of pyridine rings is 8. The molecule has 0 aromatic carbocycles. The molecule has 0 fully saturated rings. The Morgan fingerprint density at radius 3 is 1.26 bits per heavy atom. The molecule has 0 radical (unpaired) electrons. The summed E-state index contributed by atoms with van der Waals surface area (Å²) in [5, 5.41) is 0. The highest BCUT2D eigenvalue weighted by molar-refractivity contribution is 5.54. The fourth-order valence-electron chi connectivity index (χ4n) is 7.18. The van der Waals surface area contributed by atoms with Gasteiger partial charge in [0, 0.05) is 63.4 Å². The van der Waals surface area contributed by atoms with Crippen molar-refractivity contribution in [2.75, 3.05) is 0 Å². The maximum Gasteiger partial charge on any atom is 0.104 e. The van der Waals surface area contributed by atoms with E-state index in [0.717, 1.165) is 56.9 Å². The Labute approximate surface area is 333 Å². The van der Waals surface area contributed by atoms with E-state index in [9.17, 15) is 0 Å². The minimum Gasteiger partial charge on any atom is -0.278 e. The van der Waals surface area contributed by atoms with Gasteiger partial charge in [0.05, 0.1) is 63.0 Å². The average molecular weight is 747 g/mol. The first-order valence-electron chi connectivity index (χ1n) is 19.0. The fraction of sp³-hybridized carbons (Fsp3) is 0.149. The van der Waals surface area contributed by atoms with Crippen molar-refractivity contribution in [2.24, 2.45) is 0 Å². The molecule has 0 aliphatic heterocycles. The summed E-state index contributed by atoms with van der Waals surface area (Å²) in [6.07, 6.45) is 11.0. The van der Waals surface area contributed by atoms with Crippen molar-refractivity contribution in [3.63, 3.8) is 0 Å². The van der Waals surface area contributed by atoms with Crippen LogP contribution in [0.4, 0.5) is 0 Å². The van der Waals surface area contributed by atoms with E-state index in [4.69, 9.17) is 34.9 Å². The molecule has 0 N–H and O–H groups in total. The molecule has 57 heavy (non-hydrogen) atoms. The van der Waals surface area contributed by atoms with Crippen molar-refractivity contribution < 1.29 is 0 Å². The van der Waals surface area contributed by atoms with Crippen molar-refractivity contribution in [3.05, 3.63) is 228 Å². The van der Waals surface area contributed by atoms with Crippen molar-refractivity contribution in [1.82, 2.24) is 49.7 Å². The second-order valence-corrected chi connectivity index (χ2v) is 13.8. The summed E-state index contributed by atoms with van der Waals surface area (Å²) in [5.74, 6) is 0. The molecule has 0 amide bonds. The van der Waals surface area contributed by atoms with E-state index in [1.807, 2.05) is 152 Å². The third-order valence-electron chi connectivity index (χ3n) is 10.0. The topological polar surface area (TPSA) is 110 Å². The van der Waals surface area contributed by atoms with Gasteiger partial charge in [-0.25, -0.2) is 9.97 Å². The van der Waals surface area contributed by atoms with Gasteiger partial charge in [-0.15, -0.1) is 0 Å². The average Bonchev–Trinajstić information content (AvgIpc) is 3.28. The first-order chi connectivity index (χ1) is 28.1. The highest BCUT2D eigenvalue weighted by Crippen LogP contribution is 2.36. The Hall–Kier alpha value is -6.88. The van der Waals surface area contributed by atoms with E-state index in [1.54, 1.807) is 0 Å². The minimum atomic E-state index is -0.704. The van der Waals surface area contributed by atoms with E-state index < -0.39 is 5.54 Å². The van der Waals surface area contributed by atoms with Crippen molar-refractivity contribution >= 4 is 0 Å². The Bertz CT molecular complexity index is 2360. The molecule has 8 rings (SSSR count). The number of aromatic nitrogens is 8. The van der Waals surface area contributed by atoms with Gasteiger partial charge < -0.3 is 0 Å². The van der Waals surface area contributed by atoms with Crippen LogP contribution in [0.5, 0.6) is 0 Å². The molecule has 0 saturated heterocycles.